The van der Waals surface area contributed by atoms with Crippen molar-refractivity contribution >= 4 is 116 Å². The first kappa shape index (κ1) is 66.2. The van der Waals surface area contributed by atoms with E-state index in [1.807, 2.05) is 144 Å². The third-order valence-electron chi connectivity index (χ3n) is 18.3. The van der Waals surface area contributed by atoms with Crippen molar-refractivity contribution in [2.24, 2.45) is 21.8 Å². The average molecular weight is 1330 g/mol. The van der Waals surface area contributed by atoms with Gasteiger partial charge in [-0.15, -0.1) is 0 Å². The lowest BCUT2D eigenvalue weighted by molar-refractivity contribution is -0.152. The number of amides is 5. The van der Waals surface area contributed by atoms with Crippen molar-refractivity contribution < 1.29 is 33.9 Å². The first-order valence-electron chi connectivity index (χ1n) is 30.2. The van der Waals surface area contributed by atoms with Crippen molar-refractivity contribution in [2.75, 3.05) is 53.4 Å². The van der Waals surface area contributed by atoms with E-state index in [4.69, 9.17) is 56.4 Å². The molecule has 4 fully saturated rings. The van der Waals surface area contributed by atoms with Gasteiger partial charge in [0.15, 0.2) is 10.3 Å². The number of benzene rings is 4. The molecule has 472 valence electrons. The topological polar surface area (TPSA) is 182 Å². The third kappa shape index (κ3) is 13.0. The molecule has 8 atom stereocenters. The van der Waals surface area contributed by atoms with Crippen molar-refractivity contribution in [3.63, 3.8) is 0 Å². The Morgan fingerprint density at radius 1 is 0.584 bits per heavy atom. The number of nitrogens with zero attached hydrogens (tertiary/aromatic N) is 9. The highest BCUT2D eigenvalue weighted by molar-refractivity contribution is 8.18. The Labute approximate surface area is 549 Å². The SMILES string of the molecule is CC(C)C1=C(C(=O)N2C(=O)CC[C@H]2C(=O)N2CCN(C)[C@H](C)C2)SC2=N[C@@](C)(c3ccc(Cl)cc3)[C@@H](c3ccc(Cl)cc3)N21.CC(C)C1=C(C(=O)N2C(=O)CC[C@H]2C(=O)O)SC2=N[C@@](C)(c3ccc(Cl)cc3)[C@@H](c3ccc(Cl)cc3)N21.C[C@@H]1CNCCN1C. The van der Waals surface area contributed by atoms with Crippen LogP contribution in [0.2, 0.25) is 20.1 Å². The number of aliphatic imine (C=N–C) groups is 2. The van der Waals surface area contributed by atoms with E-state index in [0.29, 0.717) is 59.7 Å². The molecule has 4 aromatic carbocycles. The number of likely N-dealkylation sites (tertiary alicyclic amines) is 2. The number of amidine groups is 2. The van der Waals surface area contributed by atoms with E-state index in [9.17, 15) is 33.9 Å². The molecule has 89 heavy (non-hydrogen) atoms. The number of carboxylic acid groups (broad SMARTS) is 1. The Bertz CT molecular complexity index is 3540. The molecule has 8 heterocycles. The number of rotatable bonds is 10. The summed E-state index contributed by atoms with van der Waals surface area (Å²) in [5.41, 5.74) is 3.99. The number of imide groups is 2. The van der Waals surface area contributed by atoms with E-state index in [1.54, 1.807) is 0 Å². The maximum atomic E-state index is 14.4. The summed E-state index contributed by atoms with van der Waals surface area (Å²) in [5, 5.41) is 16.8. The van der Waals surface area contributed by atoms with Gasteiger partial charge in [0.1, 0.15) is 33.0 Å². The van der Waals surface area contributed by atoms with E-state index in [0.717, 1.165) is 64.2 Å². The van der Waals surface area contributed by atoms with E-state index >= 15 is 0 Å². The third-order valence-corrected chi connectivity index (χ3v) is 21.4. The van der Waals surface area contributed by atoms with Crippen LogP contribution in [-0.4, -0.2) is 163 Å². The number of piperazine rings is 2. The number of aliphatic carboxylic acids is 1. The van der Waals surface area contributed by atoms with Gasteiger partial charge in [-0.3, -0.25) is 33.8 Å². The van der Waals surface area contributed by atoms with Crippen LogP contribution in [0.25, 0.3) is 0 Å². The Morgan fingerprint density at radius 3 is 1.35 bits per heavy atom. The summed E-state index contributed by atoms with van der Waals surface area (Å²) < 4.78 is 0. The van der Waals surface area contributed by atoms with Gasteiger partial charge in [-0.25, -0.2) is 14.8 Å². The summed E-state index contributed by atoms with van der Waals surface area (Å²) in [5.74, 6) is -3.27. The van der Waals surface area contributed by atoms with Crippen LogP contribution in [0.3, 0.4) is 0 Å². The first-order valence-corrected chi connectivity index (χ1v) is 33.4. The van der Waals surface area contributed by atoms with Crippen molar-refractivity contribution in [3.8, 4) is 0 Å². The summed E-state index contributed by atoms with van der Waals surface area (Å²) in [6.07, 6.45) is 0.658. The number of hydrogen-bond donors (Lipinski definition) is 2. The molecule has 0 spiro atoms. The van der Waals surface area contributed by atoms with Gasteiger partial charge in [0.05, 0.1) is 12.1 Å². The lowest BCUT2D eigenvalue weighted by Gasteiger charge is -2.39. The number of carbonyl (C=O) groups excluding carboxylic acids is 5. The Hall–Kier alpha value is -5.74. The summed E-state index contributed by atoms with van der Waals surface area (Å²) in [6.45, 7) is 21.9. The maximum Gasteiger partial charge on any atom is 0.326 e. The molecule has 2 N–H and O–H groups in total. The zero-order valence-electron chi connectivity index (χ0n) is 51.7. The zero-order valence-corrected chi connectivity index (χ0v) is 56.3. The molecular weight excluding hydrogens is 1250 g/mol. The smallest absolute Gasteiger partial charge is 0.326 e. The number of fused-ring (bicyclic) bond motifs is 2. The molecule has 0 aromatic heterocycles. The number of carbonyl (C=O) groups is 6. The second kappa shape index (κ2) is 26.8. The van der Waals surface area contributed by atoms with Crippen molar-refractivity contribution in [1.29, 1.82) is 0 Å². The van der Waals surface area contributed by atoms with Crippen LogP contribution >= 0.6 is 69.9 Å². The zero-order chi connectivity index (χ0) is 64.1. The second-order valence-corrected chi connectivity index (χ2v) is 28.6. The van der Waals surface area contributed by atoms with Crippen LogP contribution < -0.4 is 5.32 Å². The molecule has 4 aromatic rings. The normalized spacial score (nSPS) is 27.0. The predicted octanol–water partition coefficient (Wildman–Crippen LogP) is 11.7. The number of hydrogen-bond acceptors (Lipinski definition) is 15. The van der Waals surface area contributed by atoms with Crippen molar-refractivity contribution in [3.05, 3.63) is 161 Å². The minimum atomic E-state index is -1.18. The van der Waals surface area contributed by atoms with Crippen molar-refractivity contribution in [1.82, 2.24) is 39.6 Å². The Balaban J connectivity index is 0.000000176. The number of allylic oxidation sites excluding steroid dienone is 2. The molecule has 0 aliphatic carbocycles. The fourth-order valence-corrected chi connectivity index (χ4v) is 16.3. The van der Waals surface area contributed by atoms with Gasteiger partial charge in [-0.1, -0.05) is 123 Å². The summed E-state index contributed by atoms with van der Waals surface area (Å²) in [6, 6.07) is 28.9. The second-order valence-electron chi connectivity index (χ2n) is 24.9. The number of carboxylic acids is 1. The first-order chi connectivity index (χ1) is 42.2. The van der Waals surface area contributed by atoms with Gasteiger partial charge in [-0.05, 0) is 161 Å². The van der Waals surface area contributed by atoms with Gasteiger partial charge in [0.25, 0.3) is 11.8 Å². The molecule has 0 unspecified atom stereocenters. The Morgan fingerprint density at radius 2 is 0.978 bits per heavy atom. The van der Waals surface area contributed by atoms with Gasteiger partial charge in [-0.2, -0.15) is 0 Å². The van der Waals surface area contributed by atoms with Crippen LogP contribution in [0.1, 0.15) is 115 Å². The molecule has 0 bridgehead atoms. The number of likely N-dealkylation sites (N-methyl/N-ethyl adjacent to an activating group) is 2. The van der Waals surface area contributed by atoms with Gasteiger partial charge < -0.3 is 34.9 Å². The minimum absolute atomic E-state index is 0.0321. The number of nitrogens with one attached hydrogen (secondary N) is 1. The number of thioether (sulfide) groups is 2. The van der Waals surface area contributed by atoms with Crippen LogP contribution in [-0.2, 0) is 39.8 Å². The summed E-state index contributed by atoms with van der Waals surface area (Å²) in [4.78, 5) is 103. The van der Waals surface area contributed by atoms with Crippen LogP contribution in [0.5, 0.6) is 0 Å². The minimum Gasteiger partial charge on any atom is -0.480 e. The molecular formula is C66H76Cl4N10O7S2. The van der Waals surface area contributed by atoms with Gasteiger partial charge in [0.2, 0.25) is 17.7 Å². The number of halogens is 4. The summed E-state index contributed by atoms with van der Waals surface area (Å²) >= 11 is 27.4. The molecule has 4 saturated heterocycles. The van der Waals surface area contributed by atoms with Crippen LogP contribution in [0.15, 0.2) is 128 Å². The van der Waals surface area contributed by atoms with Crippen LogP contribution in [0, 0.1) is 11.8 Å². The fraction of sp³-hybridized carbons (Fsp3) is 0.455. The highest BCUT2D eigenvalue weighted by atomic mass is 35.5. The largest absolute Gasteiger partial charge is 0.480 e. The van der Waals surface area contributed by atoms with E-state index in [1.165, 1.54) is 35.0 Å². The quantitative estimate of drug-likeness (QED) is 0.143. The van der Waals surface area contributed by atoms with E-state index in [-0.39, 0.29) is 61.0 Å². The monoisotopic (exact) mass is 1320 g/mol. The summed E-state index contributed by atoms with van der Waals surface area (Å²) in [7, 11) is 4.22. The standard InChI is InChI=1S/C33H37Cl2N5O3S.C27H25Cl2N3O4S.C6H14N2/c1-19(2)27-28(31(43)39-25(14-15-26(39)41)30(42)38-17-16-37(5)20(3)18-38)44-32-36-33(4,22-8-12-24(35)13-9-22)29(40(27)32)21-6-10-23(34)11-7-21;1-14(2)21-22(24(34)31-19(25(35)36)12-13-20(31)33)37-26-30-27(3,16-6-10-18(29)11-7-16)23(32(21)26)15-4-8-17(28)9-5-15;1-6-5-7-3-4-8(6)2/h6-13,19-20,25,29H,14-18H2,1-5H3;4-11,14,19,23H,12-13H2,1-3H3,(H,35,36);6-7H,3-5H2,1-2H3/t20-,25+,29-,33+;19-,23+,27-;6-/m101/s1. The van der Waals surface area contributed by atoms with Crippen LogP contribution in [0.4, 0.5) is 0 Å². The van der Waals surface area contributed by atoms with E-state index in [2.05, 4.69) is 52.7 Å². The highest BCUT2D eigenvalue weighted by Crippen LogP contribution is 2.58. The maximum absolute atomic E-state index is 14.4. The lowest BCUT2D eigenvalue weighted by Crippen LogP contribution is -2.57. The molecule has 8 aliphatic rings. The molecule has 8 aliphatic heterocycles. The molecule has 5 amide bonds. The fourth-order valence-electron chi connectivity index (χ4n) is 13.1. The molecule has 0 radical (unpaired) electrons. The highest BCUT2D eigenvalue weighted by Gasteiger charge is 2.57. The van der Waals surface area contributed by atoms with Crippen molar-refractivity contribution in [2.45, 2.75) is 128 Å². The molecule has 17 nitrogen and oxygen atoms in total. The van der Waals surface area contributed by atoms with E-state index < -0.39 is 46.9 Å². The Kier molecular flexibility index (Phi) is 20.0. The van der Waals surface area contributed by atoms with Gasteiger partial charge >= 0.3 is 5.97 Å². The predicted molar refractivity (Wildman–Crippen MR) is 354 cm³/mol. The lowest BCUT2D eigenvalue weighted by atomic mass is 9.81. The molecule has 23 heteroatoms. The average Bonchev–Trinajstić information content (AvgIpc) is 1.58. The van der Waals surface area contributed by atoms with Gasteiger partial charge in [0, 0.05) is 95.7 Å². The molecule has 0 saturated carbocycles. The molecule has 12 rings (SSSR count).